The predicted octanol–water partition coefficient (Wildman–Crippen LogP) is 0.356. The number of carbonyl (C=O) groups excluding carboxylic acids is 2. The Labute approximate surface area is 100 Å². The van der Waals surface area contributed by atoms with Crippen LogP contribution in [-0.4, -0.2) is 30.1 Å². The summed E-state index contributed by atoms with van der Waals surface area (Å²) in [5.74, 6) is -3.95. The van der Waals surface area contributed by atoms with Gasteiger partial charge in [0.25, 0.3) is 5.91 Å². The SMILES string of the molecule is CNC(=O)c1cc(F)c2c(c1F)COC(O)C2=O. The average molecular weight is 257 g/mol. The third kappa shape index (κ3) is 1.77. The van der Waals surface area contributed by atoms with Crippen LogP contribution in [0.5, 0.6) is 0 Å². The molecule has 2 rings (SSSR count). The first-order valence-corrected chi connectivity index (χ1v) is 5.04. The predicted molar refractivity (Wildman–Crippen MR) is 54.9 cm³/mol. The fraction of sp³-hybridized carbons (Fsp3) is 0.273. The molecule has 0 saturated carbocycles. The molecular weight excluding hydrogens is 248 g/mol. The number of Topliss-reactive ketones (excluding diaryl/α,β-unsaturated/α-hetero) is 1. The Kier molecular flexibility index (Phi) is 3.10. The van der Waals surface area contributed by atoms with E-state index in [0.29, 0.717) is 6.07 Å². The zero-order chi connectivity index (χ0) is 13.4. The van der Waals surface area contributed by atoms with E-state index in [1.165, 1.54) is 7.05 Å². The monoisotopic (exact) mass is 257 g/mol. The highest BCUT2D eigenvalue weighted by Gasteiger charge is 2.33. The van der Waals surface area contributed by atoms with Crippen LogP contribution in [0.2, 0.25) is 0 Å². The molecule has 0 saturated heterocycles. The molecule has 1 amide bonds. The van der Waals surface area contributed by atoms with Crippen molar-refractivity contribution in [1.29, 1.82) is 0 Å². The largest absolute Gasteiger partial charge is 0.362 e. The van der Waals surface area contributed by atoms with Crippen LogP contribution < -0.4 is 5.32 Å². The van der Waals surface area contributed by atoms with E-state index in [0.717, 1.165) is 0 Å². The van der Waals surface area contributed by atoms with Crippen molar-refractivity contribution in [3.05, 3.63) is 34.4 Å². The first-order chi connectivity index (χ1) is 8.47. The van der Waals surface area contributed by atoms with Crippen LogP contribution in [0.15, 0.2) is 6.07 Å². The number of carbonyl (C=O) groups is 2. The van der Waals surface area contributed by atoms with Crippen LogP contribution in [0.3, 0.4) is 0 Å². The standard InChI is InChI=1S/C11H9F2NO4/c1-14-10(16)4-2-6(12)7-5(8(4)13)3-18-11(17)9(7)15/h2,11,17H,3H2,1H3,(H,14,16). The van der Waals surface area contributed by atoms with E-state index in [2.05, 4.69) is 10.1 Å². The highest BCUT2D eigenvalue weighted by molar-refractivity contribution is 6.02. The van der Waals surface area contributed by atoms with E-state index >= 15 is 0 Å². The van der Waals surface area contributed by atoms with Crippen LogP contribution in [0.1, 0.15) is 26.3 Å². The second kappa shape index (κ2) is 4.43. The number of ketones is 1. The second-order valence-corrected chi connectivity index (χ2v) is 3.68. The third-order valence-electron chi connectivity index (χ3n) is 2.64. The number of amides is 1. The number of aliphatic hydroxyl groups excluding tert-OH is 1. The first kappa shape index (κ1) is 12.6. The fourth-order valence-electron chi connectivity index (χ4n) is 1.74. The van der Waals surface area contributed by atoms with Crippen molar-refractivity contribution in [1.82, 2.24) is 5.32 Å². The van der Waals surface area contributed by atoms with Gasteiger partial charge >= 0.3 is 0 Å². The van der Waals surface area contributed by atoms with E-state index in [1.807, 2.05) is 0 Å². The Balaban J connectivity index is 2.65. The molecule has 7 heteroatoms. The molecule has 0 aliphatic carbocycles. The topological polar surface area (TPSA) is 75.6 Å². The highest BCUT2D eigenvalue weighted by atomic mass is 19.1. The maximum Gasteiger partial charge on any atom is 0.254 e. The molecule has 1 aromatic carbocycles. The van der Waals surface area contributed by atoms with E-state index in [9.17, 15) is 18.4 Å². The van der Waals surface area contributed by atoms with E-state index in [-0.39, 0.29) is 5.56 Å². The van der Waals surface area contributed by atoms with Crippen LogP contribution >= 0.6 is 0 Å². The number of benzene rings is 1. The summed E-state index contributed by atoms with van der Waals surface area (Å²) in [6, 6.07) is 0.628. The molecule has 0 fully saturated rings. The molecule has 1 atom stereocenters. The molecule has 1 aliphatic rings. The van der Waals surface area contributed by atoms with Gasteiger partial charge in [-0.05, 0) is 6.07 Å². The summed E-state index contributed by atoms with van der Waals surface area (Å²) in [4.78, 5) is 22.8. The number of aliphatic hydroxyl groups is 1. The summed E-state index contributed by atoms with van der Waals surface area (Å²) in [6.45, 7) is -0.476. The van der Waals surface area contributed by atoms with Crippen molar-refractivity contribution >= 4 is 11.7 Å². The lowest BCUT2D eigenvalue weighted by molar-refractivity contribution is -0.0870. The molecule has 18 heavy (non-hydrogen) atoms. The number of halogens is 2. The number of nitrogens with one attached hydrogen (secondary N) is 1. The quantitative estimate of drug-likeness (QED) is 0.761. The van der Waals surface area contributed by atoms with Gasteiger partial charge < -0.3 is 15.2 Å². The summed E-state index contributed by atoms with van der Waals surface area (Å²) < 4.78 is 32.2. The smallest absolute Gasteiger partial charge is 0.254 e. The minimum atomic E-state index is -1.81. The lowest BCUT2D eigenvalue weighted by Gasteiger charge is -2.21. The Hall–Kier alpha value is -1.86. The van der Waals surface area contributed by atoms with Gasteiger partial charge in [0.1, 0.15) is 11.6 Å². The van der Waals surface area contributed by atoms with Crippen molar-refractivity contribution in [3.8, 4) is 0 Å². The Bertz CT molecular complexity index is 544. The average Bonchev–Trinajstić information content (AvgIpc) is 2.36. The van der Waals surface area contributed by atoms with E-state index < -0.39 is 47.3 Å². The molecule has 2 N–H and O–H groups in total. The summed E-state index contributed by atoms with van der Waals surface area (Å²) in [5, 5.41) is 11.3. The van der Waals surface area contributed by atoms with Crippen LogP contribution in [0, 0.1) is 11.6 Å². The highest BCUT2D eigenvalue weighted by Crippen LogP contribution is 2.27. The summed E-state index contributed by atoms with van der Waals surface area (Å²) in [6.07, 6.45) is -1.81. The molecule has 1 heterocycles. The zero-order valence-electron chi connectivity index (χ0n) is 9.29. The number of hydrogen-bond acceptors (Lipinski definition) is 4. The van der Waals surface area contributed by atoms with E-state index in [1.54, 1.807) is 0 Å². The Morgan fingerprint density at radius 3 is 2.83 bits per heavy atom. The van der Waals surface area contributed by atoms with Crippen LogP contribution in [0.4, 0.5) is 8.78 Å². The number of hydrogen-bond donors (Lipinski definition) is 2. The molecule has 1 unspecified atom stereocenters. The van der Waals surface area contributed by atoms with Crippen LogP contribution in [0.25, 0.3) is 0 Å². The molecule has 0 bridgehead atoms. The van der Waals surface area contributed by atoms with Gasteiger partial charge in [-0.15, -0.1) is 0 Å². The minimum Gasteiger partial charge on any atom is -0.362 e. The van der Waals surface area contributed by atoms with Gasteiger partial charge in [-0.3, -0.25) is 9.59 Å². The molecule has 0 radical (unpaired) electrons. The summed E-state index contributed by atoms with van der Waals surface area (Å²) >= 11 is 0. The summed E-state index contributed by atoms with van der Waals surface area (Å²) in [7, 11) is 1.27. The van der Waals surface area contributed by atoms with Crippen molar-refractivity contribution in [2.24, 2.45) is 0 Å². The third-order valence-corrected chi connectivity index (χ3v) is 2.64. The first-order valence-electron chi connectivity index (χ1n) is 5.04. The normalized spacial score (nSPS) is 18.4. The maximum absolute atomic E-state index is 13.9. The molecule has 1 aliphatic heterocycles. The molecular formula is C11H9F2NO4. The maximum atomic E-state index is 13.9. The lowest BCUT2D eigenvalue weighted by Crippen LogP contribution is -2.32. The number of ether oxygens (including phenoxy) is 1. The van der Waals surface area contributed by atoms with Gasteiger partial charge in [-0.2, -0.15) is 0 Å². The zero-order valence-corrected chi connectivity index (χ0v) is 9.29. The van der Waals surface area contributed by atoms with Crippen molar-refractivity contribution in [3.63, 3.8) is 0 Å². The van der Waals surface area contributed by atoms with Gasteiger partial charge in [-0.25, -0.2) is 8.78 Å². The van der Waals surface area contributed by atoms with Gasteiger partial charge in [-0.1, -0.05) is 0 Å². The fourth-order valence-corrected chi connectivity index (χ4v) is 1.74. The molecule has 0 spiro atoms. The van der Waals surface area contributed by atoms with Crippen LogP contribution in [-0.2, 0) is 11.3 Å². The lowest BCUT2D eigenvalue weighted by atomic mass is 9.96. The van der Waals surface area contributed by atoms with Gasteiger partial charge in [0, 0.05) is 12.6 Å². The molecule has 1 aromatic rings. The summed E-state index contributed by atoms with van der Waals surface area (Å²) in [5.41, 5.74) is -1.44. The van der Waals surface area contributed by atoms with Gasteiger partial charge in [0.05, 0.1) is 17.7 Å². The minimum absolute atomic E-state index is 0.358. The Morgan fingerprint density at radius 2 is 2.22 bits per heavy atom. The van der Waals surface area contributed by atoms with Crippen molar-refractivity contribution < 1.29 is 28.2 Å². The van der Waals surface area contributed by atoms with Crippen molar-refractivity contribution in [2.45, 2.75) is 12.9 Å². The Morgan fingerprint density at radius 1 is 1.56 bits per heavy atom. The second-order valence-electron chi connectivity index (χ2n) is 3.68. The van der Waals surface area contributed by atoms with E-state index in [4.69, 9.17) is 5.11 Å². The number of fused-ring (bicyclic) bond motifs is 1. The molecule has 96 valence electrons. The van der Waals surface area contributed by atoms with Gasteiger partial charge in [0.2, 0.25) is 12.1 Å². The molecule has 0 aromatic heterocycles. The van der Waals surface area contributed by atoms with Gasteiger partial charge in [0.15, 0.2) is 0 Å². The van der Waals surface area contributed by atoms with Crippen molar-refractivity contribution in [2.75, 3.05) is 7.05 Å². The molecule has 5 nitrogen and oxygen atoms in total. The number of rotatable bonds is 1.